The molecule has 2 amide bonds. The molecule has 2 aromatic heterocycles. The Morgan fingerprint density at radius 1 is 1.47 bits per heavy atom. The number of carbonyl (C=O) groups is 3. The van der Waals surface area contributed by atoms with Crippen molar-refractivity contribution >= 4 is 63.7 Å². The van der Waals surface area contributed by atoms with Gasteiger partial charge < -0.3 is 21.0 Å². The number of aliphatic carboxylic acids is 1. The summed E-state index contributed by atoms with van der Waals surface area (Å²) in [5, 5.41) is 17.3. The minimum Gasteiger partial charge on any atom is -0.477 e. The molecule has 34 heavy (non-hydrogen) atoms. The fraction of sp³-hybridized carbons (Fsp3) is 0.211. The average molecular weight is 520 g/mol. The lowest BCUT2D eigenvalue weighted by molar-refractivity contribution is -0.150. The van der Waals surface area contributed by atoms with Crippen molar-refractivity contribution in [2.45, 2.75) is 16.3 Å². The van der Waals surface area contributed by atoms with Gasteiger partial charge in [-0.15, -0.1) is 11.8 Å². The Balaban J connectivity index is 1.49. The molecule has 0 radical (unpaired) electrons. The Morgan fingerprint density at radius 3 is 2.94 bits per heavy atom. The molecule has 4 heterocycles. The van der Waals surface area contributed by atoms with E-state index in [1.165, 1.54) is 35.5 Å². The van der Waals surface area contributed by atoms with Crippen LogP contribution in [0, 0.1) is 0 Å². The number of hydrogen-bond donors (Lipinski definition) is 3. The molecule has 0 spiro atoms. The summed E-state index contributed by atoms with van der Waals surface area (Å²) in [5.74, 6) is -2.20. The van der Waals surface area contributed by atoms with Crippen LogP contribution in [-0.4, -0.2) is 72.1 Å². The predicted octanol–water partition coefficient (Wildman–Crippen LogP) is 0.910. The van der Waals surface area contributed by atoms with E-state index >= 15 is 0 Å². The highest BCUT2D eigenvalue weighted by Gasteiger charge is 2.54. The van der Waals surface area contributed by atoms with E-state index in [-0.39, 0.29) is 22.4 Å². The number of nitrogens with zero attached hydrogens (tertiary/aromatic N) is 5. The molecular formula is C19H17N7O5S3. The molecule has 1 unspecified atom stereocenters. The smallest absolute Gasteiger partial charge is 0.352 e. The predicted molar refractivity (Wildman–Crippen MR) is 127 cm³/mol. The van der Waals surface area contributed by atoms with Crippen LogP contribution in [0.3, 0.4) is 0 Å². The van der Waals surface area contributed by atoms with Crippen molar-refractivity contribution in [1.29, 1.82) is 0 Å². The summed E-state index contributed by atoms with van der Waals surface area (Å²) in [4.78, 5) is 52.3. The molecule has 2 aliphatic rings. The minimum absolute atomic E-state index is 0.0357. The third-order valence-electron chi connectivity index (χ3n) is 4.65. The van der Waals surface area contributed by atoms with Crippen molar-refractivity contribution in [2.75, 3.05) is 18.6 Å². The van der Waals surface area contributed by atoms with Crippen LogP contribution in [0.5, 0.6) is 0 Å². The topological polar surface area (TPSA) is 173 Å². The van der Waals surface area contributed by atoms with Gasteiger partial charge in [0.15, 0.2) is 5.13 Å². The number of nitrogens with one attached hydrogen (secondary N) is 1. The van der Waals surface area contributed by atoms with Crippen LogP contribution in [0.4, 0.5) is 5.13 Å². The van der Waals surface area contributed by atoms with Crippen molar-refractivity contribution in [3.8, 4) is 0 Å². The third kappa shape index (κ3) is 4.76. The number of thioether (sulfide) groups is 2. The Morgan fingerprint density at radius 2 is 2.29 bits per heavy atom. The van der Waals surface area contributed by atoms with Crippen LogP contribution in [0.15, 0.2) is 57.3 Å². The molecule has 2 aliphatic heterocycles. The first-order chi connectivity index (χ1) is 16.4. The summed E-state index contributed by atoms with van der Waals surface area (Å²) in [6.45, 7) is 0. The molecule has 0 bridgehead atoms. The van der Waals surface area contributed by atoms with Crippen molar-refractivity contribution in [3.05, 3.63) is 53.1 Å². The Hall–Kier alpha value is -3.43. The van der Waals surface area contributed by atoms with E-state index in [2.05, 4.69) is 24.8 Å². The number of oxime groups is 1. The second kappa shape index (κ2) is 10.2. The molecule has 2 aromatic rings. The van der Waals surface area contributed by atoms with E-state index in [1.54, 1.807) is 29.9 Å². The van der Waals surface area contributed by atoms with Crippen molar-refractivity contribution < 1.29 is 24.3 Å². The molecule has 0 aromatic carbocycles. The first kappa shape index (κ1) is 23.7. The van der Waals surface area contributed by atoms with Crippen LogP contribution in [-0.2, 0) is 19.2 Å². The molecule has 176 valence electrons. The summed E-state index contributed by atoms with van der Waals surface area (Å²) in [6.07, 6.45) is 5.02. The van der Waals surface area contributed by atoms with E-state index in [9.17, 15) is 19.5 Å². The lowest BCUT2D eigenvalue weighted by Crippen LogP contribution is -2.71. The number of rotatable bonds is 8. The van der Waals surface area contributed by atoms with Gasteiger partial charge in [-0.3, -0.25) is 19.5 Å². The molecule has 12 nitrogen and oxygen atoms in total. The van der Waals surface area contributed by atoms with Crippen molar-refractivity contribution in [1.82, 2.24) is 24.6 Å². The summed E-state index contributed by atoms with van der Waals surface area (Å²) >= 11 is 3.60. The highest BCUT2D eigenvalue weighted by Crippen LogP contribution is 2.41. The molecule has 1 fully saturated rings. The van der Waals surface area contributed by atoms with Gasteiger partial charge in [0.2, 0.25) is 11.5 Å². The summed E-state index contributed by atoms with van der Waals surface area (Å²) in [6, 6.07) is 2.73. The van der Waals surface area contributed by atoms with Gasteiger partial charge >= 0.3 is 5.97 Å². The normalized spacial score (nSPS) is 20.2. The highest BCUT2D eigenvalue weighted by molar-refractivity contribution is 8.02. The number of anilines is 1. The highest BCUT2D eigenvalue weighted by atomic mass is 32.2. The lowest BCUT2D eigenvalue weighted by Gasteiger charge is -2.49. The fourth-order valence-electron chi connectivity index (χ4n) is 3.20. The maximum Gasteiger partial charge on any atom is 0.352 e. The van der Waals surface area contributed by atoms with Gasteiger partial charge in [0.05, 0.1) is 0 Å². The second-order valence-corrected chi connectivity index (χ2v) is 9.60. The number of aromatic nitrogens is 3. The van der Waals surface area contributed by atoms with Crippen LogP contribution < -0.4 is 11.1 Å². The Labute approximate surface area is 205 Å². The largest absolute Gasteiger partial charge is 0.477 e. The van der Waals surface area contributed by atoms with Crippen molar-refractivity contribution in [3.63, 3.8) is 0 Å². The van der Waals surface area contributed by atoms with Gasteiger partial charge in [-0.2, -0.15) is 9.36 Å². The number of carbonyl (C=O) groups excluding carboxylic acids is 2. The zero-order valence-electron chi connectivity index (χ0n) is 17.4. The quantitative estimate of drug-likeness (QED) is 0.196. The van der Waals surface area contributed by atoms with Gasteiger partial charge in [-0.05, 0) is 29.2 Å². The number of amides is 2. The average Bonchev–Trinajstić information content (AvgIpc) is 3.26. The molecule has 4 N–H and O–H groups in total. The molecular weight excluding hydrogens is 502 g/mol. The van der Waals surface area contributed by atoms with Gasteiger partial charge in [0.25, 0.3) is 11.8 Å². The fourth-order valence-corrected chi connectivity index (χ4v) is 5.62. The number of fused-ring (bicyclic) bond motifs is 1. The number of nitrogens with two attached hydrogens (primary N) is 1. The maximum atomic E-state index is 12.9. The molecule has 0 aliphatic carbocycles. The van der Waals surface area contributed by atoms with E-state index in [4.69, 9.17) is 10.6 Å². The number of allylic oxidation sites excluding steroid dienone is 1. The van der Waals surface area contributed by atoms with Crippen LogP contribution >= 0.6 is 35.1 Å². The van der Waals surface area contributed by atoms with E-state index in [0.717, 1.165) is 16.4 Å². The zero-order valence-corrected chi connectivity index (χ0v) is 19.9. The number of β-lactam (4-membered cyclic amide) rings is 1. The van der Waals surface area contributed by atoms with Gasteiger partial charge in [-0.1, -0.05) is 16.9 Å². The lowest BCUT2D eigenvalue weighted by atomic mass is 10.0. The third-order valence-corrected chi connectivity index (χ3v) is 7.28. The Kier molecular flexibility index (Phi) is 7.14. The number of carboxylic acid groups (broad SMARTS) is 1. The summed E-state index contributed by atoms with van der Waals surface area (Å²) in [5.41, 5.74) is 5.71. The van der Waals surface area contributed by atoms with Gasteiger partial charge in [0, 0.05) is 34.6 Å². The maximum absolute atomic E-state index is 12.9. The van der Waals surface area contributed by atoms with Crippen molar-refractivity contribution in [2.24, 2.45) is 5.16 Å². The molecule has 0 saturated carbocycles. The minimum atomic E-state index is -1.22. The number of hydrogen-bond acceptors (Lipinski definition) is 12. The number of nitrogen functional groups attached to an aromatic ring is 1. The zero-order chi connectivity index (χ0) is 24.2. The summed E-state index contributed by atoms with van der Waals surface area (Å²) in [7, 11) is 1.25. The SMILES string of the molecule is CON=C(C(=O)NC1C(=O)N2C(C(=O)O)=C(C=CSc3cccnc3)CS[C@H]12)c1nsc(N)n1. The van der Waals surface area contributed by atoms with Crippen LogP contribution in [0.25, 0.3) is 0 Å². The second-order valence-electron chi connectivity index (χ2n) is 6.73. The monoisotopic (exact) mass is 519 g/mol. The van der Waals surface area contributed by atoms with E-state index < -0.39 is 29.2 Å². The number of pyridine rings is 1. The van der Waals surface area contributed by atoms with E-state index in [0.29, 0.717) is 11.3 Å². The Bertz CT molecular complexity index is 1210. The first-order valence-electron chi connectivity index (χ1n) is 9.56. The van der Waals surface area contributed by atoms with Gasteiger partial charge in [0.1, 0.15) is 24.2 Å². The molecule has 1 saturated heterocycles. The van der Waals surface area contributed by atoms with Crippen LogP contribution in [0.1, 0.15) is 5.82 Å². The van der Waals surface area contributed by atoms with Crippen LogP contribution in [0.2, 0.25) is 0 Å². The molecule has 4 rings (SSSR count). The summed E-state index contributed by atoms with van der Waals surface area (Å²) < 4.78 is 3.94. The van der Waals surface area contributed by atoms with E-state index in [1.807, 2.05) is 6.07 Å². The number of carboxylic acids is 1. The molecule has 15 heteroatoms. The molecule has 2 atom stereocenters. The standard InChI is InChI=1S/C19H17N7O5S3/c1-31-24-11(14-23-19(20)34-25-14)15(27)22-12-16(28)26-13(18(29)30)9(8-33-17(12)26)4-6-32-10-3-2-5-21-7-10/h2-7,12,17H,8H2,1H3,(H,22,27)(H,29,30)(H2,20,23,25)/t12?,17-/m1/s1. The first-order valence-corrected chi connectivity index (χ1v) is 12.3. The van der Waals surface area contributed by atoms with Gasteiger partial charge in [-0.25, -0.2) is 4.79 Å².